The number of nitrogens with one attached hydrogen (secondary N) is 1. The Morgan fingerprint density at radius 2 is 1.70 bits per heavy atom. The van der Waals surface area contributed by atoms with Crippen LogP contribution in [-0.4, -0.2) is 31.7 Å². The summed E-state index contributed by atoms with van der Waals surface area (Å²) in [5, 5.41) is 3.74. The molecule has 5 nitrogen and oxygen atoms in total. The lowest BCUT2D eigenvalue weighted by Gasteiger charge is -2.31. The summed E-state index contributed by atoms with van der Waals surface area (Å²) in [7, 11) is -3.61. The highest BCUT2D eigenvalue weighted by Crippen LogP contribution is 2.31. The van der Waals surface area contributed by atoms with E-state index in [0.29, 0.717) is 24.4 Å². The van der Waals surface area contributed by atoms with Gasteiger partial charge >= 0.3 is 0 Å². The van der Waals surface area contributed by atoms with Crippen molar-refractivity contribution in [3.63, 3.8) is 0 Å². The van der Waals surface area contributed by atoms with Crippen LogP contribution in [0.1, 0.15) is 18.4 Å². The van der Waals surface area contributed by atoms with Gasteiger partial charge in [0.1, 0.15) is 0 Å². The van der Waals surface area contributed by atoms with Gasteiger partial charge in [-0.3, -0.25) is 4.79 Å². The first-order chi connectivity index (χ1) is 15.9. The van der Waals surface area contributed by atoms with E-state index in [1.165, 1.54) is 4.31 Å². The number of halogens is 1. The predicted octanol–water partition coefficient (Wildman–Crippen LogP) is 5.67. The minimum atomic E-state index is -3.61. The lowest BCUT2D eigenvalue weighted by molar-refractivity contribution is -0.120. The largest absolute Gasteiger partial charge is 0.325 e. The van der Waals surface area contributed by atoms with Crippen molar-refractivity contribution in [2.75, 3.05) is 18.4 Å². The second kappa shape index (κ2) is 10.7. The van der Waals surface area contributed by atoms with Crippen molar-refractivity contribution in [3.8, 4) is 0 Å². The van der Waals surface area contributed by atoms with Gasteiger partial charge in [0.15, 0.2) is 0 Å². The molecule has 0 spiro atoms. The normalized spacial score (nSPS) is 16.9. The van der Waals surface area contributed by atoms with Gasteiger partial charge in [0, 0.05) is 28.8 Å². The summed E-state index contributed by atoms with van der Waals surface area (Å²) in [5.74, 6) is 0.199. The molecule has 1 unspecified atom stereocenters. The van der Waals surface area contributed by atoms with E-state index in [9.17, 15) is 13.2 Å². The standard InChI is InChI=1S/C25H25ClN2O3S2/c26-21-14-12-19(13-15-21)18-32-24-11-5-4-10-23(24)27-25(29)20-7-6-16-28(17-20)33(30,31)22-8-2-1-3-9-22/h1-5,8-15,20H,6-7,16-18H2,(H,27,29). The van der Waals surface area contributed by atoms with E-state index in [0.717, 1.165) is 21.9 Å². The molecular formula is C25H25ClN2O3S2. The van der Waals surface area contributed by atoms with E-state index >= 15 is 0 Å². The van der Waals surface area contributed by atoms with Crippen molar-refractivity contribution >= 4 is 45.0 Å². The van der Waals surface area contributed by atoms with E-state index in [2.05, 4.69) is 5.32 Å². The average Bonchev–Trinajstić information content (AvgIpc) is 2.85. The van der Waals surface area contributed by atoms with E-state index in [-0.39, 0.29) is 17.3 Å². The summed E-state index contributed by atoms with van der Waals surface area (Å²) < 4.78 is 27.4. The molecule has 8 heteroatoms. The summed E-state index contributed by atoms with van der Waals surface area (Å²) in [5.41, 5.74) is 1.88. The number of sulfonamides is 1. The number of carbonyl (C=O) groups excluding carboxylic acids is 1. The van der Waals surface area contributed by atoms with Crippen molar-refractivity contribution in [2.45, 2.75) is 28.4 Å². The van der Waals surface area contributed by atoms with Gasteiger partial charge in [0.25, 0.3) is 0 Å². The van der Waals surface area contributed by atoms with Gasteiger partial charge in [0.05, 0.1) is 16.5 Å². The minimum Gasteiger partial charge on any atom is -0.325 e. The first-order valence-electron chi connectivity index (χ1n) is 10.8. The molecule has 1 heterocycles. The second-order valence-electron chi connectivity index (χ2n) is 7.92. The SMILES string of the molecule is O=C(Nc1ccccc1SCc1ccc(Cl)cc1)C1CCCN(S(=O)(=O)c2ccccc2)C1. The molecule has 33 heavy (non-hydrogen) atoms. The lowest BCUT2D eigenvalue weighted by atomic mass is 9.99. The maximum Gasteiger partial charge on any atom is 0.243 e. The molecule has 3 aromatic rings. The number of rotatable bonds is 7. The van der Waals surface area contributed by atoms with Gasteiger partial charge in [-0.25, -0.2) is 8.42 Å². The van der Waals surface area contributed by atoms with Crippen LogP contribution in [-0.2, 0) is 20.6 Å². The Morgan fingerprint density at radius 3 is 2.45 bits per heavy atom. The van der Waals surface area contributed by atoms with E-state index in [1.54, 1.807) is 42.1 Å². The molecule has 0 saturated carbocycles. The summed E-state index contributed by atoms with van der Waals surface area (Å²) in [4.78, 5) is 14.3. The average molecular weight is 501 g/mol. The fourth-order valence-corrected chi connectivity index (χ4v) is 6.42. The van der Waals surface area contributed by atoms with Crippen LogP contribution < -0.4 is 5.32 Å². The van der Waals surface area contributed by atoms with E-state index < -0.39 is 15.9 Å². The number of hydrogen-bond donors (Lipinski definition) is 1. The molecule has 0 bridgehead atoms. The number of carbonyl (C=O) groups is 1. The highest BCUT2D eigenvalue weighted by molar-refractivity contribution is 7.98. The van der Waals surface area contributed by atoms with Gasteiger partial charge in [-0.2, -0.15) is 4.31 Å². The van der Waals surface area contributed by atoms with Crippen LogP contribution in [0.25, 0.3) is 0 Å². The molecule has 172 valence electrons. The molecule has 1 saturated heterocycles. The summed E-state index contributed by atoms with van der Waals surface area (Å²) >= 11 is 7.60. The Morgan fingerprint density at radius 1 is 1.00 bits per heavy atom. The lowest BCUT2D eigenvalue weighted by Crippen LogP contribution is -2.43. The summed E-state index contributed by atoms with van der Waals surface area (Å²) in [6.45, 7) is 0.609. The molecule has 1 N–H and O–H groups in total. The number of nitrogens with zero attached hydrogens (tertiary/aromatic N) is 1. The third-order valence-corrected chi connectivity index (χ3v) is 8.86. The van der Waals surface area contributed by atoms with Crippen LogP contribution >= 0.6 is 23.4 Å². The molecule has 3 aromatic carbocycles. The number of benzene rings is 3. The van der Waals surface area contributed by atoms with Crippen molar-refractivity contribution in [2.24, 2.45) is 5.92 Å². The molecule has 0 radical (unpaired) electrons. The molecule has 0 aliphatic carbocycles. The van der Waals surface area contributed by atoms with Crippen LogP contribution in [0.3, 0.4) is 0 Å². The highest BCUT2D eigenvalue weighted by Gasteiger charge is 2.33. The number of para-hydroxylation sites is 1. The topological polar surface area (TPSA) is 66.5 Å². The molecule has 1 fully saturated rings. The van der Waals surface area contributed by atoms with Gasteiger partial charge in [0.2, 0.25) is 15.9 Å². The van der Waals surface area contributed by atoms with Gasteiger partial charge in [-0.1, -0.05) is 54.1 Å². The van der Waals surface area contributed by atoms with E-state index in [1.807, 2.05) is 48.5 Å². The molecule has 1 atom stereocenters. The van der Waals surface area contributed by atoms with Gasteiger partial charge in [-0.15, -0.1) is 11.8 Å². The van der Waals surface area contributed by atoms with Gasteiger partial charge in [-0.05, 0) is 54.8 Å². The smallest absolute Gasteiger partial charge is 0.243 e. The van der Waals surface area contributed by atoms with Crippen LogP contribution in [0.5, 0.6) is 0 Å². The number of thioether (sulfide) groups is 1. The third-order valence-electron chi connectivity index (χ3n) is 5.59. The molecule has 1 aliphatic heterocycles. The number of amides is 1. The number of anilines is 1. The zero-order valence-corrected chi connectivity index (χ0v) is 20.4. The Labute approximate surface area is 204 Å². The quantitative estimate of drug-likeness (QED) is 0.424. The number of piperidine rings is 1. The maximum atomic E-state index is 13.1. The summed E-state index contributed by atoms with van der Waals surface area (Å²) in [6, 6.07) is 23.8. The van der Waals surface area contributed by atoms with Crippen LogP contribution in [0.4, 0.5) is 5.69 Å². The third kappa shape index (κ3) is 5.98. The Kier molecular flexibility index (Phi) is 7.75. The predicted molar refractivity (Wildman–Crippen MR) is 134 cm³/mol. The van der Waals surface area contributed by atoms with Crippen LogP contribution in [0, 0.1) is 5.92 Å². The fourth-order valence-electron chi connectivity index (χ4n) is 3.79. The van der Waals surface area contributed by atoms with Crippen LogP contribution in [0.2, 0.25) is 5.02 Å². The van der Waals surface area contributed by atoms with E-state index in [4.69, 9.17) is 11.6 Å². The fraction of sp³-hybridized carbons (Fsp3) is 0.240. The van der Waals surface area contributed by atoms with Crippen molar-refractivity contribution in [1.82, 2.24) is 4.31 Å². The molecule has 4 rings (SSSR count). The Balaban J connectivity index is 1.42. The molecule has 1 amide bonds. The molecule has 0 aromatic heterocycles. The minimum absolute atomic E-state index is 0.150. The van der Waals surface area contributed by atoms with Crippen LogP contribution in [0.15, 0.2) is 88.7 Å². The van der Waals surface area contributed by atoms with Crippen molar-refractivity contribution in [1.29, 1.82) is 0 Å². The monoisotopic (exact) mass is 500 g/mol. The van der Waals surface area contributed by atoms with Crippen molar-refractivity contribution < 1.29 is 13.2 Å². The maximum absolute atomic E-state index is 13.1. The molecule has 1 aliphatic rings. The van der Waals surface area contributed by atoms with Crippen molar-refractivity contribution in [3.05, 3.63) is 89.4 Å². The summed E-state index contributed by atoms with van der Waals surface area (Å²) in [6.07, 6.45) is 1.31. The number of hydrogen-bond acceptors (Lipinski definition) is 4. The first-order valence-corrected chi connectivity index (χ1v) is 13.6. The Bertz CT molecular complexity index is 1200. The second-order valence-corrected chi connectivity index (χ2v) is 11.3. The van der Waals surface area contributed by atoms with Gasteiger partial charge < -0.3 is 5.32 Å². The zero-order valence-electron chi connectivity index (χ0n) is 18.0. The Hall–Kier alpha value is -2.32. The highest BCUT2D eigenvalue weighted by atomic mass is 35.5. The molecular weight excluding hydrogens is 476 g/mol. The zero-order chi connectivity index (χ0) is 23.3. The first kappa shape index (κ1) is 23.8.